The van der Waals surface area contributed by atoms with Gasteiger partial charge in [-0.3, -0.25) is 4.90 Å². The van der Waals surface area contributed by atoms with E-state index in [1.54, 1.807) is 0 Å². The first-order valence-electron chi connectivity index (χ1n) is 8.97. The summed E-state index contributed by atoms with van der Waals surface area (Å²) in [6, 6.07) is 1.52. The molecule has 2 aliphatic rings. The number of hydrogen-bond acceptors (Lipinski definition) is 2. The van der Waals surface area contributed by atoms with E-state index in [9.17, 15) is 0 Å². The molecule has 2 unspecified atom stereocenters. The fraction of sp³-hybridized carbons (Fsp3) is 1.00. The van der Waals surface area contributed by atoms with Crippen LogP contribution in [0.2, 0.25) is 0 Å². The Morgan fingerprint density at radius 2 is 1.80 bits per heavy atom. The minimum atomic E-state index is 0.462. The molecule has 0 radical (unpaired) electrons. The Hall–Kier alpha value is -0.0800. The lowest BCUT2D eigenvalue weighted by Crippen LogP contribution is -2.59. The molecule has 2 fully saturated rings. The Morgan fingerprint density at radius 1 is 1.10 bits per heavy atom. The van der Waals surface area contributed by atoms with Crippen LogP contribution in [0.5, 0.6) is 0 Å². The van der Waals surface area contributed by atoms with Crippen LogP contribution >= 0.6 is 0 Å². The number of hydrogen-bond donors (Lipinski definition) is 1. The summed E-state index contributed by atoms with van der Waals surface area (Å²) in [6.45, 7) is 13.2. The number of piperazine rings is 1. The fourth-order valence-electron chi connectivity index (χ4n) is 3.89. The quantitative estimate of drug-likeness (QED) is 0.835. The molecule has 0 spiro atoms. The van der Waals surface area contributed by atoms with E-state index in [0.717, 1.165) is 18.0 Å². The number of rotatable bonds is 4. The smallest absolute Gasteiger partial charge is 0.0224 e. The second-order valence-electron chi connectivity index (χ2n) is 8.28. The van der Waals surface area contributed by atoms with Gasteiger partial charge in [0.25, 0.3) is 0 Å². The fourth-order valence-corrected chi connectivity index (χ4v) is 3.89. The maximum Gasteiger partial charge on any atom is 0.0224 e. The van der Waals surface area contributed by atoms with Gasteiger partial charge in [-0.2, -0.15) is 0 Å². The van der Waals surface area contributed by atoms with Gasteiger partial charge in [0, 0.05) is 25.2 Å². The van der Waals surface area contributed by atoms with Crippen LogP contribution in [0.1, 0.15) is 72.6 Å². The van der Waals surface area contributed by atoms with Crippen molar-refractivity contribution in [2.45, 2.75) is 84.7 Å². The minimum Gasteiger partial charge on any atom is -0.311 e. The predicted molar refractivity (Wildman–Crippen MR) is 88.1 cm³/mol. The molecule has 2 nitrogen and oxygen atoms in total. The van der Waals surface area contributed by atoms with Crippen molar-refractivity contribution in [3.63, 3.8) is 0 Å². The summed E-state index contributed by atoms with van der Waals surface area (Å²) in [6.07, 6.45) is 9.91. The summed E-state index contributed by atoms with van der Waals surface area (Å²) >= 11 is 0. The largest absolute Gasteiger partial charge is 0.311 e. The van der Waals surface area contributed by atoms with Gasteiger partial charge in [-0.1, -0.05) is 47.0 Å². The molecule has 1 aliphatic heterocycles. The van der Waals surface area contributed by atoms with Gasteiger partial charge in [0.2, 0.25) is 0 Å². The highest BCUT2D eigenvalue weighted by atomic mass is 15.2. The SMILES string of the molecule is CCC1CNC(C2CCCCC2)CN1CCC(C)(C)C. The van der Waals surface area contributed by atoms with Crippen molar-refractivity contribution in [3.8, 4) is 0 Å². The van der Waals surface area contributed by atoms with E-state index in [1.165, 1.54) is 64.6 Å². The van der Waals surface area contributed by atoms with Gasteiger partial charge in [0.05, 0.1) is 0 Å². The average Bonchev–Trinajstić information content (AvgIpc) is 2.45. The number of nitrogens with zero attached hydrogens (tertiary/aromatic N) is 1. The normalized spacial score (nSPS) is 30.6. The first kappa shape index (κ1) is 16.3. The first-order chi connectivity index (χ1) is 9.49. The van der Waals surface area contributed by atoms with Crippen LogP contribution in [0.3, 0.4) is 0 Å². The highest BCUT2D eigenvalue weighted by molar-refractivity contribution is 4.90. The van der Waals surface area contributed by atoms with Crippen LogP contribution in [0, 0.1) is 11.3 Å². The topological polar surface area (TPSA) is 15.3 Å². The third kappa shape index (κ3) is 4.73. The van der Waals surface area contributed by atoms with Crippen molar-refractivity contribution in [1.29, 1.82) is 0 Å². The van der Waals surface area contributed by atoms with Gasteiger partial charge in [0.1, 0.15) is 0 Å². The van der Waals surface area contributed by atoms with Crippen LogP contribution in [-0.2, 0) is 0 Å². The molecular weight excluding hydrogens is 244 g/mol. The molecule has 0 amide bonds. The van der Waals surface area contributed by atoms with E-state index >= 15 is 0 Å². The van der Waals surface area contributed by atoms with Crippen molar-refractivity contribution < 1.29 is 0 Å². The molecule has 1 aliphatic carbocycles. The molecule has 20 heavy (non-hydrogen) atoms. The van der Waals surface area contributed by atoms with Crippen LogP contribution < -0.4 is 5.32 Å². The van der Waals surface area contributed by atoms with E-state index in [2.05, 4.69) is 37.9 Å². The minimum absolute atomic E-state index is 0.462. The second kappa shape index (κ2) is 7.26. The molecule has 0 aromatic rings. The molecule has 0 bridgehead atoms. The van der Waals surface area contributed by atoms with Crippen LogP contribution in [-0.4, -0.2) is 36.6 Å². The van der Waals surface area contributed by atoms with Gasteiger partial charge < -0.3 is 5.32 Å². The maximum absolute atomic E-state index is 3.88. The lowest BCUT2D eigenvalue weighted by molar-refractivity contribution is 0.0833. The van der Waals surface area contributed by atoms with Crippen molar-refractivity contribution in [3.05, 3.63) is 0 Å². The third-order valence-electron chi connectivity index (χ3n) is 5.40. The zero-order chi connectivity index (χ0) is 14.6. The number of nitrogens with one attached hydrogen (secondary N) is 1. The van der Waals surface area contributed by atoms with E-state index in [0.29, 0.717) is 5.41 Å². The Bertz CT molecular complexity index is 276. The van der Waals surface area contributed by atoms with E-state index in [4.69, 9.17) is 0 Å². The van der Waals surface area contributed by atoms with Crippen molar-refractivity contribution in [2.75, 3.05) is 19.6 Å². The monoisotopic (exact) mass is 280 g/mol. The van der Waals surface area contributed by atoms with Gasteiger partial charge in [-0.15, -0.1) is 0 Å². The second-order valence-corrected chi connectivity index (χ2v) is 8.28. The Kier molecular flexibility index (Phi) is 5.92. The van der Waals surface area contributed by atoms with E-state index in [-0.39, 0.29) is 0 Å². The van der Waals surface area contributed by atoms with Crippen molar-refractivity contribution in [1.82, 2.24) is 10.2 Å². The summed E-state index contributed by atoms with van der Waals surface area (Å²) in [5.41, 5.74) is 0.462. The Morgan fingerprint density at radius 3 is 2.40 bits per heavy atom. The molecule has 2 heteroatoms. The standard InChI is InChI=1S/C18H36N2/c1-5-16-13-19-17(15-9-7-6-8-10-15)14-20(16)12-11-18(2,3)4/h15-17,19H,5-14H2,1-4H3. The summed E-state index contributed by atoms with van der Waals surface area (Å²) in [5, 5.41) is 3.88. The molecule has 1 heterocycles. The lowest BCUT2D eigenvalue weighted by atomic mass is 9.82. The van der Waals surface area contributed by atoms with Crippen LogP contribution in [0.4, 0.5) is 0 Å². The molecule has 1 saturated heterocycles. The molecule has 2 rings (SSSR count). The van der Waals surface area contributed by atoms with Crippen LogP contribution in [0.15, 0.2) is 0 Å². The highest BCUT2D eigenvalue weighted by Gasteiger charge is 2.32. The molecule has 0 aromatic heterocycles. The summed E-state index contributed by atoms with van der Waals surface area (Å²) in [4.78, 5) is 2.79. The summed E-state index contributed by atoms with van der Waals surface area (Å²) in [5.74, 6) is 0.943. The summed E-state index contributed by atoms with van der Waals surface area (Å²) < 4.78 is 0. The maximum atomic E-state index is 3.88. The van der Waals surface area contributed by atoms with E-state index in [1.807, 2.05) is 0 Å². The predicted octanol–water partition coefficient (Wildman–Crippen LogP) is 4.06. The van der Waals surface area contributed by atoms with Gasteiger partial charge in [0.15, 0.2) is 0 Å². The van der Waals surface area contributed by atoms with Gasteiger partial charge in [-0.25, -0.2) is 0 Å². The summed E-state index contributed by atoms with van der Waals surface area (Å²) in [7, 11) is 0. The van der Waals surface area contributed by atoms with Gasteiger partial charge >= 0.3 is 0 Å². The average molecular weight is 280 g/mol. The first-order valence-corrected chi connectivity index (χ1v) is 8.97. The van der Waals surface area contributed by atoms with Crippen LogP contribution in [0.25, 0.3) is 0 Å². The van der Waals surface area contributed by atoms with Crippen molar-refractivity contribution >= 4 is 0 Å². The Balaban J connectivity index is 1.88. The van der Waals surface area contributed by atoms with Gasteiger partial charge in [-0.05, 0) is 43.6 Å². The Labute approximate surface area is 126 Å². The molecular formula is C18H36N2. The van der Waals surface area contributed by atoms with Crippen molar-refractivity contribution in [2.24, 2.45) is 11.3 Å². The zero-order valence-corrected chi connectivity index (χ0v) is 14.3. The molecule has 0 aromatic carbocycles. The molecule has 1 saturated carbocycles. The third-order valence-corrected chi connectivity index (χ3v) is 5.40. The zero-order valence-electron chi connectivity index (χ0n) is 14.3. The molecule has 1 N–H and O–H groups in total. The van der Waals surface area contributed by atoms with E-state index < -0.39 is 0 Å². The molecule has 2 atom stereocenters. The molecule has 118 valence electrons. The lowest BCUT2D eigenvalue weighted by Gasteiger charge is -2.44. The highest BCUT2D eigenvalue weighted by Crippen LogP contribution is 2.29.